The highest BCUT2D eigenvalue weighted by atomic mass is 32.2. The number of aromatic nitrogens is 1. The molecule has 0 bridgehead atoms. The number of hydrogen-bond donors (Lipinski definition) is 2. The summed E-state index contributed by atoms with van der Waals surface area (Å²) in [6.45, 7) is 1.90. The SMILES string of the molecule is Cc1ccc(NC(=O)C2(c3ccccc3C(C)C)CN(S(=O)(=O)C3(CC(=O)O)CC3)C2)c(OC(F)F)n1. The van der Waals surface area contributed by atoms with Crippen molar-refractivity contribution >= 4 is 27.6 Å². The number of carboxylic acid groups (broad SMARTS) is 1. The van der Waals surface area contributed by atoms with Crippen molar-refractivity contribution in [1.29, 1.82) is 0 Å². The third-order valence-corrected chi connectivity index (χ3v) is 9.63. The fourth-order valence-electron chi connectivity index (χ4n) is 4.86. The number of carbonyl (C=O) groups is 2. The van der Waals surface area contributed by atoms with Crippen LogP contribution in [-0.2, 0) is 25.0 Å². The summed E-state index contributed by atoms with van der Waals surface area (Å²) < 4.78 is 57.0. The van der Waals surface area contributed by atoms with Gasteiger partial charge in [0.25, 0.3) is 0 Å². The summed E-state index contributed by atoms with van der Waals surface area (Å²) in [5.74, 6) is -2.24. The van der Waals surface area contributed by atoms with Crippen LogP contribution in [-0.4, -0.2) is 59.1 Å². The predicted octanol–water partition coefficient (Wildman–Crippen LogP) is 3.64. The monoisotopic (exact) mass is 537 g/mol. The van der Waals surface area contributed by atoms with Gasteiger partial charge in [0.2, 0.25) is 21.8 Å². The largest absolute Gasteiger partial charge is 0.481 e. The van der Waals surface area contributed by atoms with E-state index in [0.717, 1.165) is 9.87 Å². The number of amides is 1. The highest BCUT2D eigenvalue weighted by Crippen LogP contribution is 2.52. The van der Waals surface area contributed by atoms with E-state index < -0.39 is 51.0 Å². The lowest BCUT2D eigenvalue weighted by Crippen LogP contribution is -2.68. The van der Waals surface area contributed by atoms with Crippen molar-refractivity contribution in [3.05, 3.63) is 53.2 Å². The topological polar surface area (TPSA) is 126 Å². The zero-order chi connectivity index (χ0) is 27.2. The molecule has 1 aliphatic carbocycles. The Morgan fingerprint density at radius 3 is 2.38 bits per heavy atom. The summed E-state index contributed by atoms with van der Waals surface area (Å²) in [6.07, 6.45) is -0.0243. The number of aryl methyl sites for hydroxylation is 1. The maximum atomic E-state index is 13.8. The molecule has 1 saturated carbocycles. The number of benzene rings is 1. The molecular weight excluding hydrogens is 508 g/mol. The number of carboxylic acids is 1. The molecule has 0 atom stereocenters. The zero-order valence-electron chi connectivity index (χ0n) is 20.7. The molecule has 12 heteroatoms. The lowest BCUT2D eigenvalue weighted by molar-refractivity contribution is -0.137. The number of anilines is 1. The number of pyridine rings is 1. The summed E-state index contributed by atoms with van der Waals surface area (Å²) in [5.41, 5.74) is 0.465. The smallest absolute Gasteiger partial charge is 0.388 e. The van der Waals surface area contributed by atoms with E-state index in [0.29, 0.717) is 11.3 Å². The quantitative estimate of drug-likeness (QED) is 0.474. The van der Waals surface area contributed by atoms with Crippen LogP contribution in [0.1, 0.15) is 55.8 Å². The number of nitrogens with one attached hydrogen (secondary N) is 1. The summed E-state index contributed by atoms with van der Waals surface area (Å²) >= 11 is 0. The molecule has 37 heavy (non-hydrogen) atoms. The number of aliphatic carboxylic acids is 1. The van der Waals surface area contributed by atoms with Crippen LogP contribution in [0.2, 0.25) is 0 Å². The van der Waals surface area contributed by atoms with Gasteiger partial charge in [-0.1, -0.05) is 38.1 Å². The average molecular weight is 538 g/mol. The van der Waals surface area contributed by atoms with Crippen LogP contribution in [0.15, 0.2) is 36.4 Å². The van der Waals surface area contributed by atoms with E-state index in [1.54, 1.807) is 19.1 Å². The molecule has 1 aliphatic heterocycles. The van der Waals surface area contributed by atoms with Gasteiger partial charge in [0.05, 0.1) is 11.2 Å². The highest BCUT2D eigenvalue weighted by molar-refractivity contribution is 7.90. The van der Waals surface area contributed by atoms with Crippen molar-refractivity contribution < 1.29 is 36.6 Å². The van der Waals surface area contributed by atoms with Crippen LogP contribution < -0.4 is 10.1 Å². The number of alkyl halides is 2. The van der Waals surface area contributed by atoms with Gasteiger partial charge in [0.15, 0.2) is 0 Å². The van der Waals surface area contributed by atoms with Crippen molar-refractivity contribution in [1.82, 2.24) is 9.29 Å². The Bertz CT molecular complexity index is 1320. The number of sulfonamides is 1. The third-order valence-electron chi connectivity index (χ3n) is 7.04. The fraction of sp³-hybridized carbons (Fsp3) is 0.480. The van der Waals surface area contributed by atoms with E-state index in [2.05, 4.69) is 15.0 Å². The maximum absolute atomic E-state index is 13.8. The van der Waals surface area contributed by atoms with Gasteiger partial charge in [0.1, 0.15) is 11.1 Å². The van der Waals surface area contributed by atoms with Gasteiger partial charge >= 0.3 is 12.6 Å². The van der Waals surface area contributed by atoms with Gasteiger partial charge < -0.3 is 15.2 Å². The minimum atomic E-state index is -4.00. The Labute approximate surface area is 213 Å². The Morgan fingerprint density at radius 2 is 1.81 bits per heavy atom. The van der Waals surface area contributed by atoms with Gasteiger partial charge in [0, 0.05) is 18.8 Å². The molecule has 1 aromatic carbocycles. The molecule has 9 nitrogen and oxygen atoms in total. The molecule has 0 unspecified atom stereocenters. The molecule has 0 radical (unpaired) electrons. The van der Waals surface area contributed by atoms with Gasteiger partial charge in [-0.05, 0) is 48.9 Å². The van der Waals surface area contributed by atoms with Crippen molar-refractivity contribution in [2.45, 2.75) is 62.7 Å². The third kappa shape index (κ3) is 4.91. The van der Waals surface area contributed by atoms with Crippen molar-refractivity contribution in [3.8, 4) is 5.88 Å². The zero-order valence-corrected chi connectivity index (χ0v) is 21.5. The number of carbonyl (C=O) groups excluding carboxylic acids is 1. The minimum absolute atomic E-state index is 0.00656. The molecule has 2 aliphatic rings. The van der Waals surface area contributed by atoms with E-state index in [-0.39, 0.29) is 37.5 Å². The second-order valence-corrected chi connectivity index (χ2v) is 12.3. The number of hydrogen-bond acceptors (Lipinski definition) is 6. The summed E-state index contributed by atoms with van der Waals surface area (Å²) in [4.78, 5) is 29.1. The molecule has 4 rings (SSSR count). The normalized spacial score (nSPS) is 18.4. The standard InChI is InChI=1S/C25H29F2N3O6S/c1-15(2)17-6-4-5-7-18(17)25(13-30(14-25)37(34,35)24(10-11-24)12-20(31)32)22(33)29-19-9-8-16(3)28-21(19)36-23(26)27/h4-9,15,23H,10-14H2,1-3H3,(H,29,33)(H,31,32). The molecular formula is C25H29F2N3O6S. The second-order valence-electron chi connectivity index (χ2n) is 9.99. The first-order valence-electron chi connectivity index (χ1n) is 11.9. The van der Waals surface area contributed by atoms with Crippen molar-refractivity contribution in [2.75, 3.05) is 18.4 Å². The van der Waals surface area contributed by atoms with Crippen LogP contribution in [0.25, 0.3) is 0 Å². The highest BCUT2D eigenvalue weighted by Gasteiger charge is 2.64. The van der Waals surface area contributed by atoms with Crippen LogP contribution in [0.4, 0.5) is 14.5 Å². The second kappa shape index (κ2) is 9.64. The van der Waals surface area contributed by atoms with Crippen molar-refractivity contribution in [3.63, 3.8) is 0 Å². The first-order chi connectivity index (χ1) is 17.3. The summed E-state index contributed by atoms with van der Waals surface area (Å²) in [6, 6.07) is 10.1. The lowest BCUT2D eigenvalue weighted by atomic mass is 9.71. The molecule has 2 N–H and O–H groups in total. The summed E-state index contributed by atoms with van der Waals surface area (Å²) in [5, 5.41) is 11.9. The van der Waals surface area contributed by atoms with Crippen molar-refractivity contribution in [2.24, 2.45) is 0 Å². The summed E-state index contributed by atoms with van der Waals surface area (Å²) in [7, 11) is -4.00. The van der Waals surface area contributed by atoms with E-state index in [9.17, 15) is 31.9 Å². The van der Waals surface area contributed by atoms with Crippen LogP contribution in [0, 0.1) is 6.92 Å². The Balaban J connectivity index is 1.71. The molecule has 1 amide bonds. The van der Waals surface area contributed by atoms with Gasteiger partial charge in [-0.25, -0.2) is 13.4 Å². The molecule has 0 spiro atoms. The Kier molecular flexibility index (Phi) is 7.02. The maximum Gasteiger partial charge on any atom is 0.388 e. The Morgan fingerprint density at radius 1 is 1.16 bits per heavy atom. The van der Waals surface area contributed by atoms with Crippen LogP contribution in [0.5, 0.6) is 5.88 Å². The van der Waals surface area contributed by atoms with Gasteiger partial charge in [-0.3, -0.25) is 9.59 Å². The van der Waals surface area contributed by atoms with Crippen LogP contribution in [0.3, 0.4) is 0 Å². The van der Waals surface area contributed by atoms with Crippen LogP contribution >= 0.6 is 0 Å². The molecule has 200 valence electrons. The fourth-order valence-corrected chi connectivity index (χ4v) is 7.11. The number of ether oxygens (including phenoxy) is 1. The van der Waals surface area contributed by atoms with Gasteiger partial charge in [-0.2, -0.15) is 13.1 Å². The van der Waals surface area contributed by atoms with Gasteiger partial charge in [-0.15, -0.1) is 0 Å². The molecule has 1 aromatic heterocycles. The molecule has 2 fully saturated rings. The molecule has 2 aromatic rings. The van der Waals surface area contributed by atoms with E-state index in [1.807, 2.05) is 26.0 Å². The van der Waals surface area contributed by atoms with E-state index in [4.69, 9.17) is 0 Å². The average Bonchev–Trinajstić information content (AvgIpc) is 3.55. The number of rotatable bonds is 10. The minimum Gasteiger partial charge on any atom is -0.481 e. The van der Waals surface area contributed by atoms with E-state index in [1.165, 1.54) is 12.1 Å². The number of halogens is 2. The first-order valence-corrected chi connectivity index (χ1v) is 13.3. The Hall–Kier alpha value is -3.12. The molecule has 2 heterocycles. The lowest BCUT2D eigenvalue weighted by Gasteiger charge is -2.50. The van der Waals surface area contributed by atoms with E-state index >= 15 is 0 Å². The number of nitrogens with zero attached hydrogens (tertiary/aromatic N) is 2. The molecule has 1 saturated heterocycles. The first kappa shape index (κ1) is 26.9. The predicted molar refractivity (Wildman–Crippen MR) is 131 cm³/mol.